The molecule has 4 rings (SSSR count). The van der Waals surface area contributed by atoms with Gasteiger partial charge in [0.25, 0.3) is 0 Å². The maximum atomic E-state index is 15.2. The minimum Gasteiger partial charge on any atom is -0.462 e. The van der Waals surface area contributed by atoms with E-state index in [1.54, 1.807) is 13.0 Å². The summed E-state index contributed by atoms with van der Waals surface area (Å²) in [6.07, 6.45) is 14.4. The summed E-state index contributed by atoms with van der Waals surface area (Å²) in [5.41, 5.74) is -0.247. The van der Waals surface area contributed by atoms with E-state index in [2.05, 4.69) is 6.92 Å². The van der Waals surface area contributed by atoms with Crippen molar-refractivity contribution >= 4 is 0 Å². The van der Waals surface area contributed by atoms with Gasteiger partial charge in [0.1, 0.15) is 0 Å². The summed E-state index contributed by atoms with van der Waals surface area (Å²) in [4.78, 5) is 0. The van der Waals surface area contributed by atoms with Gasteiger partial charge in [-0.2, -0.15) is 4.39 Å². The average molecular weight is 489 g/mol. The van der Waals surface area contributed by atoms with Crippen LogP contribution in [0.25, 0.3) is 11.1 Å². The SMILES string of the molecule is CC=COc1ccc(-c2ccc(C3CCC(C4CCC(CCC)CC4)CC3)c(F)c2F)c(F)c1F. The Labute approximate surface area is 206 Å². The minimum atomic E-state index is -1.26. The van der Waals surface area contributed by atoms with Crippen LogP contribution in [0.2, 0.25) is 0 Å². The van der Waals surface area contributed by atoms with Crippen LogP contribution in [0.3, 0.4) is 0 Å². The van der Waals surface area contributed by atoms with E-state index < -0.39 is 23.3 Å². The molecular weight excluding hydrogens is 452 g/mol. The van der Waals surface area contributed by atoms with Crippen LogP contribution < -0.4 is 4.74 Å². The number of hydrogen-bond acceptors (Lipinski definition) is 1. The molecule has 2 saturated carbocycles. The highest BCUT2D eigenvalue weighted by Gasteiger charge is 2.32. The van der Waals surface area contributed by atoms with Crippen molar-refractivity contribution in [3.63, 3.8) is 0 Å². The van der Waals surface area contributed by atoms with Crippen molar-refractivity contribution in [1.29, 1.82) is 0 Å². The zero-order valence-corrected chi connectivity index (χ0v) is 20.8. The van der Waals surface area contributed by atoms with E-state index in [9.17, 15) is 8.78 Å². The third kappa shape index (κ3) is 5.59. The lowest BCUT2D eigenvalue weighted by molar-refractivity contribution is 0.156. The zero-order valence-electron chi connectivity index (χ0n) is 20.8. The van der Waals surface area contributed by atoms with Gasteiger partial charge in [-0.3, -0.25) is 0 Å². The Morgan fingerprint density at radius 3 is 1.91 bits per heavy atom. The van der Waals surface area contributed by atoms with Crippen LogP contribution >= 0.6 is 0 Å². The van der Waals surface area contributed by atoms with Crippen molar-refractivity contribution in [3.8, 4) is 16.9 Å². The van der Waals surface area contributed by atoms with Gasteiger partial charge in [0.05, 0.1) is 6.26 Å². The minimum absolute atomic E-state index is 0.0376. The molecule has 2 fully saturated rings. The predicted molar refractivity (Wildman–Crippen MR) is 132 cm³/mol. The summed E-state index contributed by atoms with van der Waals surface area (Å²) in [5, 5.41) is 0. The number of benzene rings is 2. The highest BCUT2D eigenvalue weighted by molar-refractivity contribution is 5.66. The molecule has 0 atom stereocenters. The molecule has 190 valence electrons. The number of hydrogen-bond donors (Lipinski definition) is 0. The van der Waals surface area contributed by atoms with Crippen molar-refractivity contribution in [3.05, 3.63) is 65.4 Å². The Bertz CT molecular complexity index is 1030. The van der Waals surface area contributed by atoms with Gasteiger partial charge in [0.15, 0.2) is 23.2 Å². The van der Waals surface area contributed by atoms with Gasteiger partial charge in [0.2, 0.25) is 5.82 Å². The first kappa shape index (κ1) is 25.8. The normalized spacial score (nSPS) is 25.2. The van der Waals surface area contributed by atoms with Crippen molar-refractivity contribution < 1.29 is 22.3 Å². The molecule has 1 nitrogen and oxygen atoms in total. The molecule has 0 bridgehead atoms. The third-order valence-electron chi connectivity index (χ3n) is 8.25. The Hall–Kier alpha value is -2.30. The van der Waals surface area contributed by atoms with Gasteiger partial charge < -0.3 is 4.74 Å². The fourth-order valence-electron chi connectivity index (χ4n) is 6.32. The first-order valence-corrected chi connectivity index (χ1v) is 13.2. The van der Waals surface area contributed by atoms with Crippen LogP contribution in [0, 0.1) is 41.0 Å². The van der Waals surface area contributed by atoms with Gasteiger partial charge in [-0.15, -0.1) is 0 Å². The number of allylic oxidation sites excluding steroid dienone is 1. The van der Waals surface area contributed by atoms with E-state index in [0.717, 1.165) is 37.5 Å². The van der Waals surface area contributed by atoms with E-state index in [-0.39, 0.29) is 22.8 Å². The molecule has 0 heterocycles. The molecule has 5 heteroatoms. The molecule has 0 aromatic heterocycles. The maximum absolute atomic E-state index is 15.2. The first-order chi connectivity index (χ1) is 16.9. The van der Waals surface area contributed by atoms with Crippen molar-refractivity contribution in [1.82, 2.24) is 0 Å². The summed E-state index contributed by atoms with van der Waals surface area (Å²) in [6, 6.07) is 5.36. The Morgan fingerprint density at radius 1 is 0.743 bits per heavy atom. The van der Waals surface area contributed by atoms with Crippen LogP contribution in [0.15, 0.2) is 36.6 Å². The number of ether oxygens (including phenoxy) is 1. The largest absolute Gasteiger partial charge is 0.462 e. The maximum Gasteiger partial charge on any atom is 0.201 e. The lowest BCUT2D eigenvalue weighted by Gasteiger charge is -2.38. The molecule has 2 aromatic rings. The van der Waals surface area contributed by atoms with Crippen molar-refractivity contribution in [2.24, 2.45) is 17.8 Å². The van der Waals surface area contributed by atoms with Crippen molar-refractivity contribution in [2.75, 3.05) is 0 Å². The lowest BCUT2D eigenvalue weighted by atomic mass is 9.68. The molecule has 0 N–H and O–H groups in total. The summed E-state index contributed by atoms with van der Waals surface area (Å²) in [7, 11) is 0. The molecule has 0 spiro atoms. The van der Waals surface area contributed by atoms with Crippen LogP contribution in [0.4, 0.5) is 17.6 Å². The molecule has 0 amide bonds. The van der Waals surface area contributed by atoms with Gasteiger partial charge in [-0.25, -0.2) is 13.2 Å². The molecule has 0 aliphatic heterocycles. The predicted octanol–water partition coefficient (Wildman–Crippen LogP) is 9.70. The van der Waals surface area contributed by atoms with Crippen molar-refractivity contribution in [2.45, 2.75) is 84.0 Å². The monoisotopic (exact) mass is 488 g/mol. The summed E-state index contributed by atoms with van der Waals surface area (Å²) >= 11 is 0. The van der Waals surface area contributed by atoms with Gasteiger partial charge in [-0.05, 0) is 86.8 Å². The fraction of sp³-hybridized carbons (Fsp3) is 0.533. The highest BCUT2D eigenvalue weighted by atomic mass is 19.2. The summed E-state index contributed by atoms with van der Waals surface area (Å²) in [5.74, 6) is -2.56. The molecular formula is C30H36F4O. The molecule has 2 aliphatic rings. The van der Waals surface area contributed by atoms with E-state index in [1.807, 2.05) is 0 Å². The quantitative estimate of drug-likeness (QED) is 0.278. The summed E-state index contributed by atoms with van der Waals surface area (Å²) in [6.45, 7) is 3.93. The molecule has 35 heavy (non-hydrogen) atoms. The standard InChI is InChI=1S/C30H36F4O/c1-3-5-19-6-8-20(9-7-19)21-10-12-22(13-11-21)23-14-15-24(28(32)27(23)31)25-16-17-26(35-18-4-2)30(34)29(25)33/h4,14-22H,3,5-13H2,1-2H3. The van der Waals surface area contributed by atoms with E-state index in [4.69, 9.17) is 4.74 Å². The molecule has 2 aliphatic carbocycles. The lowest BCUT2D eigenvalue weighted by Crippen LogP contribution is -2.25. The Balaban J connectivity index is 1.44. The van der Waals surface area contributed by atoms with E-state index >= 15 is 8.78 Å². The molecule has 0 radical (unpaired) electrons. The highest BCUT2D eigenvalue weighted by Crippen LogP contribution is 2.45. The number of halogens is 4. The Kier molecular flexibility index (Phi) is 8.56. The molecule has 2 aromatic carbocycles. The van der Waals surface area contributed by atoms with E-state index in [1.165, 1.54) is 69.1 Å². The second-order valence-corrected chi connectivity index (χ2v) is 10.3. The van der Waals surface area contributed by atoms with Gasteiger partial charge >= 0.3 is 0 Å². The second kappa shape index (κ2) is 11.6. The fourth-order valence-corrected chi connectivity index (χ4v) is 6.32. The smallest absolute Gasteiger partial charge is 0.201 e. The zero-order chi connectivity index (χ0) is 24.9. The third-order valence-corrected chi connectivity index (χ3v) is 8.25. The average Bonchev–Trinajstić information content (AvgIpc) is 2.88. The van der Waals surface area contributed by atoms with Crippen LogP contribution in [-0.2, 0) is 0 Å². The summed E-state index contributed by atoms with van der Waals surface area (Å²) < 4.78 is 64.3. The second-order valence-electron chi connectivity index (χ2n) is 10.3. The van der Waals surface area contributed by atoms with E-state index in [0.29, 0.717) is 11.5 Å². The van der Waals surface area contributed by atoms with Gasteiger partial charge in [0, 0.05) is 11.1 Å². The molecule has 0 saturated heterocycles. The van der Waals surface area contributed by atoms with Crippen LogP contribution in [-0.4, -0.2) is 0 Å². The van der Waals surface area contributed by atoms with Crippen LogP contribution in [0.1, 0.15) is 89.5 Å². The topological polar surface area (TPSA) is 9.23 Å². The first-order valence-electron chi connectivity index (χ1n) is 13.2. The Morgan fingerprint density at radius 2 is 1.31 bits per heavy atom. The number of rotatable bonds is 7. The molecule has 0 unspecified atom stereocenters. The van der Waals surface area contributed by atoms with Gasteiger partial charge in [-0.1, -0.05) is 50.8 Å². The van der Waals surface area contributed by atoms with Crippen LogP contribution in [0.5, 0.6) is 5.75 Å².